The predicted octanol–water partition coefficient (Wildman–Crippen LogP) is 2.12. The standard InChI is InChI=1S/C15H30N2O/c1-3-16-12-15(6-10-18-11-7-15)13-17-8-4-14(2)5-9-17/h14,16H,3-13H2,1-2H3. The molecule has 0 saturated carbocycles. The lowest BCUT2D eigenvalue weighted by atomic mass is 9.79. The highest BCUT2D eigenvalue weighted by Gasteiger charge is 2.34. The van der Waals surface area contributed by atoms with Crippen molar-refractivity contribution < 1.29 is 4.74 Å². The number of hydrogen-bond acceptors (Lipinski definition) is 3. The Morgan fingerprint density at radius 2 is 1.89 bits per heavy atom. The summed E-state index contributed by atoms with van der Waals surface area (Å²) < 4.78 is 5.56. The molecule has 0 aliphatic carbocycles. The van der Waals surface area contributed by atoms with Gasteiger partial charge in [-0.2, -0.15) is 0 Å². The van der Waals surface area contributed by atoms with Gasteiger partial charge in [0.25, 0.3) is 0 Å². The van der Waals surface area contributed by atoms with Crippen molar-refractivity contribution in [3.8, 4) is 0 Å². The molecular weight excluding hydrogens is 224 g/mol. The number of hydrogen-bond donors (Lipinski definition) is 1. The molecule has 2 heterocycles. The third-order valence-electron chi connectivity index (χ3n) is 4.74. The molecule has 106 valence electrons. The minimum Gasteiger partial charge on any atom is -0.381 e. The van der Waals surface area contributed by atoms with E-state index in [1.54, 1.807) is 0 Å². The van der Waals surface area contributed by atoms with Crippen LogP contribution in [0.2, 0.25) is 0 Å². The highest BCUT2D eigenvalue weighted by molar-refractivity contribution is 4.88. The summed E-state index contributed by atoms with van der Waals surface area (Å²) in [5.74, 6) is 0.931. The number of rotatable bonds is 5. The number of likely N-dealkylation sites (tertiary alicyclic amines) is 1. The van der Waals surface area contributed by atoms with E-state index >= 15 is 0 Å². The van der Waals surface area contributed by atoms with Crippen LogP contribution in [-0.2, 0) is 4.74 Å². The molecule has 0 spiro atoms. The summed E-state index contributed by atoms with van der Waals surface area (Å²) in [5, 5.41) is 3.57. The summed E-state index contributed by atoms with van der Waals surface area (Å²) in [6.07, 6.45) is 5.22. The highest BCUT2D eigenvalue weighted by Crippen LogP contribution is 2.32. The van der Waals surface area contributed by atoms with E-state index in [0.717, 1.165) is 25.7 Å². The van der Waals surface area contributed by atoms with Crippen molar-refractivity contribution in [2.24, 2.45) is 11.3 Å². The van der Waals surface area contributed by atoms with Gasteiger partial charge in [-0.05, 0) is 56.7 Å². The van der Waals surface area contributed by atoms with Gasteiger partial charge in [0, 0.05) is 26.3 Å². The van der Waals surface area contributed by atoms with E-state index in [1.807, 2.05) is 0 Å². The molecule has 0 amide bonds. The van der Waals surface area contributed by atoms with E-state index < -0.39 is 0 Å². The van der Waals surface area contributed by atoms with Gasteiger partial charge >= 0.3 is 0 Å². The van der Waals surface area contributed by atoms with Crippen LogP contribution in [0.25, 0.3) is 0 Å². The molecule has 2 aliphatic rings. The van der Waals surface area contributed by atoms with Gasteiger partial charge in [-0.3, -0.25) is 0 Å². The molecule has 0 aromatic rings. The lowest BCUT2D eigenvalue weighted by Gasteiger charge is -2.43. The van der Waals surface area contributed by atoms with Crippen LogP contribution in [0.1, 0.15) is 39.5 Å². The van der Waals surface area contributed by atoms with Crippen LogP contribution in [0, 0.1) is 11.3 Å². The Balaban J connectivity index is 1.87. The first-order valence-corrected chi connectivity index (χ1v) is 7.75. The fourth-order valence-corrected chi connectivity index (χ4v) is 3.28. The lowest BCUT2D eigenvalue weighted by Crippen LogP contribution is -2.49. The second-order valence-corrected chi connectivity index (χ2v) is 6.35. The molecule has 0 atom stereocenters. The molecule has 3 nitrogen and oxygen atoms in total. The zero-order valence-electron chi connectivity index (χ0n) is 12.2. The molecule has 0 radical (unpaired) electrons. The Morgan fingerprint density at radius 3 is 2.50 bits per heavy atom. The van der Waals surface area contributed by atoms with Crippen LogP contribution in [0.15, 0.2) is 0 Å². The van der Waals surface area contributed by atoms with E-state index in [4.69, 9.17) is 4.74 Å². The van der Waals surface area contributed by atoms with Gasteiger partial charge in [-0.15, -0.1) is 0 Å². The average molecular weight is 254 g/mol. The van der Waals surface area contributed by atoms with Crippen molar-refractivity contribution in [3.63, 3.8) is 0 Å². The van der Waals surface area contributed by atoms with Crippen molar-refractivity contribution in [2.75, 3.05) is 45.9 Å². The molecule has 18 heavy (non-hydrogen) atoms. The first kappa shape index (κ1) is 14.3. The molecule has 0 aromatic heterocycles. The van der Waals surface area contributed by atoms with Crippen LogP contribution < -0.4 is 5.32 Å². The van der Waals surface area contributed by atoms with Crippen LogP contribution in [-0.4, -0.2) is 50.8 Å². The largest absolute Gasteiger partial charge is 0.381 e. The topological polar surface area (TPSA) is 24.5 Å². The monoisotopic (exact) mass is 254 g/mol. The third-order valence-corrected chi connectivity index (χ3v) is 4.74. The molecule has 2 aliphatic heterocycles. The first-order valence-electron chi connectivity index (χ1n) is 7.75. The van der Waals surface area contributed by atoms with E-state index in [1.165, 1.54) is 51.9 Å². The normalized spacial score (nSPS) is 26.3. The maximum absolute atomic E-state index is 5.56. The van der Waals surface area contributed by atoms with Crippen molar-refractivity contribution >= 4 is 0 Å². The van der Waals surface area contributed by atoms with Gasteiger partial charge in [0.2, 0.25) is 0 Å². The summed E-state index contributed by atoms with van der Waals surface area (Å²) in [7, 11) is 0. The van der Waals surface area contributed by atoms with Crippen molar-refractivity contribution in [2.45, 2.75) is 39.5 Å². The van der Waals surface area contributed by atoms with Gasteiger partial charge in [0.05, 0.1) is 0 Å². The van der Waals surface area contributed by atoms with E-state index in [9.17, 15) is 0 Å². The molecule has 0 aromatic carbocycles. The average Bonchev–Trinajstić information content (AvgIpc) is 2.40. The Bertz CT molecular complexity index is 231. The lowest BCUT2D eigenvalue weighted by molar-refractivity contribution is -0.00895. The van der Waals surface area contributed by atoms with Crippen LogP contribution in [0.4, 0.5) is 0 Å². The highest BCUT2D eigenvalue weighted by atomic mass is 16.5. The molecule has 2 rings (SSSR count). The maximum Gasteiger partial charge on any atom is 0.0472 e. The summed E-state index contributed by atoms with van der Waals surface area (Å²) in [6, 6.07) is 0. The molecule has 0 bridgehead atoms. The minimum absolute atomic E-state index is 0.467. The summed E-state index contributed by atoms with van der Waals surface area (Å²) in [5.41, 5.74) is 0.467. The Labute approximate surface area is 112 Å². The Hall–Kier alpha value is -0.120. The van der Waals surface area contributed by atoms with E-state index in [2.05, 4.69) is 24.1 Å². The predicted molar refractivity (Wildman–Crippen MR) is 75.9 cm³/mol. The second-order valence-electron chi connectivity index (χ2n) is 6.35. The first-order chi connectivity index (χ1) is 8.74. The van der Waals surface area contributed by atoms with Gasteiger partial charge < -0.3 is 15.0 Å². The smallest absolute Gasteiger partial charge is 0.0472 e. The van der Waals surface area contributed by atoms with Gasteiger partial charge in [0.15, 0.2) is 0 Å². The van der Waals surface area contributed by atoms with Crippen molar-refractivity contribution in [1.29, 1.82) is 0 Å². The van der Waals surface area contributed by atoms with E-state index in [0.29, 0.717) is 5.41 Å². The minimum atomic E-state index is 0.467. The Morgan fingerprint density at radius 1 is 1.22 bits per heavy atom. The Kier molecular flexibility index (Phi) is 5.46. The zero-order chi connectivity index (χ0) is 12.8. The van der Waals surface area contributed by atoms with Crippen molar-refractivity contribution in [3.05, 3.63) is 0 Å². The zero-order valence-corrected chi connectivity index (χ0v) is 12.2. The maximum atomic E-state index is 5.56. The summed E-state index contributed by atoms with van der Waals surface area (Å²) in [4.78, 5) is 2.70. The SMILES string of the molecule is CCNCC1(CN2CCC(C)CC2)CCOCC1. The molecule has 0 unspecified atom stereocenters. The van der Waals surface area contributed by atoms with Gasteiger partial charge in [-0.1, -0.05) is 13.8 Å². The van der Waals surface area contributed by atoms with Gasteiger partial charge in [0.1, 0.15) is 0 Å². The molecule has 2 fully saturated rings. The quantitative estimate of drug-likeness (QED) is 0.813. The third kappa shape index (κ3) is 3.94. The molecule has 3 heteroatoms. The number of nitrogens with one attached hydrogen (secondary N) is 1. The van der Waals surface area contributed by atoms with Crippen LogP contribution in [0.5, 0.6) is 0 Å². The summed E-state index contributed by atoms with van der Waals surface area (Å²) in [6.45, 7) is 12.6. The number of nitrogens with zero attached hydrogens (tertiary/aromatic N) is 1. The van der Waals surface area contributed by atoms with Crippen molar-refractivity contribution in [1.82, 2.24) is 10.2 Å². The fraction of sp³-hybridized carbons (Fsp3) is 1.00. The van der Waals surface area contributed by atoms with Crippen LogP contribution >= 0.6 is 0 Å². The molecule has 2 saturated heterocycles. The molecular formula is C15H30N2O. The fourth-order valence-electron chi connectivity index (χ4n) is 3.28. The second kappa shape index (κ2) is 6.88. The summed E-state index contributed by atoms with van der Waals surface area (Å²) >= 11 is 0. The van der Waals surface area contributed by atoms with E-state index in [-0.39, 0.29) is 0 Å². The number of ether oxygens (including phenoxy) is 1. The van der Waals surface area contributed by atoms with Crippen LogP contribution in [0.3, 0.4) is 0 Å². The van der Waals surface area contributed by atoms with Gasteiger partial charge in [-0.25, -0.2) is 0 Å². The number of piperidine rings is 1. The molecule has 1 N–H and O–H groups in total.